The Morgan fingerprint density at radius 2 is 2.16 bits per heavy atom. The second-order valence-corrected chi connectivity index (χ2v) is 3.78. The molecule has 0 aliphatic rings. The van der Waals surface area contributed by atoms with Gasteiger partial charge < -0.3 is 20.3 Å². The maximum atomic E-state index is 11.8. The highest BCUT2D eigenvalue weighted by Gasteiger charge is 2.21. The van der Waals surface area contributed by atoms with Crippen molar-refractivity contribution in [2.45, 2.75) is 6.04 Å². The molecule has 1 rings (SSSR count). The van der Waals surface area contributed by atoms with Gasteiger partial charge in [-0.05, 0) is 12.1 Å². The molecule has 104 valence electrons. The Morgan fingerprint density at radius 3 is 2.68 bits per heavy atom. The van der Waals surface area contributed by atoms with E-state index < -0.39 is 24.6 Å². The van der Waals surface area contributed by atoms with E-state index >= 15 is 0 Å². The topological polar surface area (TPSA) is 99.1 Å². The third kappa shape index (κ3) is 3.85. The summed E-state index contributed by atoms with van der Waals surface area (Å²) in [6, 6.07) is 4.78. The molecule has 1 atom stereocenters. The minimum atomic E-state index is -1.33. The van der Waals surface area contributed by atoms with Crippen LogP contribution in [0.5, 0.6) is 5.75 Å². The lowest BCUT2D eigenvalue weighted by Crippen LogP contribution is -2.48. The number of nitrogens with one attached hydrogen (secondary N) is 1. The van der Waals surface area contributed by atoms with Crippen molar-refractivity contribution in [3.63, 3.8) is 0 Å². The number of aliphatic hydroxyl groups excluding tert-OH is 1. The van der Waals surface area contributed by atoms with E-state index in [4.69, 9.17) is 14.9 Å². The van der Waals surface area contributed by atoms with Crippen LogP contribution in [0, 0.1) is 0 Å². The van der Waals surface area contributed by atoms with E-state index in [1.165, 1.54) is 19.1 Å². The molecule has 3 N–H and O–H groups in total. The molecule has 0 aliphatic carbocycles. The zero-order chi connectivity index (χ0) is 14.4. The molecule has 0 radical (unpaired) electrons. The number of carboxylic acids is 1. The predicted octanol–water partition coefficient (Wildman–Crippen LogP) is 0.286. The lowest BCUT2D eigenvalue weighted by Gasteiger charge is -2.20. The molecule has 0 saturated carbocycles. The van der Waals surface area contributed by atoms with Crippen molar-refractivity contribution in [1.82, 2.24) is 5.32 Å². The van der Waals surface area contributed by atoms with Gasteiger partial charge in [-0.1, -0.05) is 6.07 Å². The third-order valence-electron chi connectivity index (χ3n) is 2.52. The number of amides is 2. The lowest BCUT2D eigenvalue weighted by molar-refractivity contribution is -0.140. The summed E-state index contributed by atoms with van der Waals surface area (Å²) in [5.41, 5.74) is 0.541. The maximum Gasteiger partial charge on any atom is 0.328 e. The number of aliphatic hydroxyl groups is 1. The highest BCUT2D eigenvalue weighted by molar-refractivity contribution is 5.94. The van der Waals surface area contributed by atoms with Gasteiger partial charge in [0.1, 0.15) is 5.75 Å². The van der Waals surface area contributed by atoms with E-state index in [-0.39, 0.29) is 0 Å². The van der Waals surface area contributed by atoms with E-state index in [9.17, 15) is 9.59 Å². The van der Waals surface area contributed by atoms with Gasteiger partial charge in [0.05, 0.1) is 13.7 Å². The average Bonchev–Trinajstić information content (AvgIpc) is 2.43. The van der Waals surface area contributed by atoms with Crippen LogP contribution >= 0.6 is 0 Å². The molecule has 0 heterocycles. The summed E-state index contributed by atoms with van der Waals surface area (Å²) in [6.07, 6.45) is 0. The molecule has 0 bridgehead atoms. The molecule has 7 heteroatoms. The predicted molar refractivity (Wildman–Crippen MR) is 68.4 cm³/mol. The minimum Gasteiger partial charge on any atom is -0.497 e. The number of benzene rings is 1. The summed E-state index contributed by atoms with van der Waals surface area (Å²) in [5, 5.41) is 19.8. The number of urea groups is 1. The van der Waals surface area contributed by atoms with Gasteiger partial charge in [0.15, 0.2) is 6.04 Å². The standard InChI is InChI=1S/C12H16N2O5/c1-14(8-4-3-5-9(6-8)19-2)12(18)13-10(7-15)11(16)17/h3-6,10,15H,7H2,1-2H3,(H,13,18)(H,16,17)/t10-/m0/s1. The Balaban J connectivity index is 2.78. The van der Waals surface area contributed by atoms with Crippen LogP contribution in [0.25, 0.3) is 0 Å². The Morgan fingerprint density at radius 1 is 1.47 bits per heavy atom. The van der Waals surface area contributed by atoms with Crippen LogP contribution in [-0.2, 0) is 4.79 Å². The number of anilines is 1. The van der Waals surface area contributed by atoms with Crippen molar-refractivity contribution < 1.29 is 24.5 Å². The second-order valence-electron chi connectivity index (χ2n) is 3.78. The van der Waals surface area contributed by atoms with Crippen molar-refractivity contribution in [3.05, 3.63) is 24.3 Å². The Kier molecular flexibility index (Phi) is 5.13. The van der Waals surface area contributed by atoms with Crippen molar-refractivity contribution >= 4 is 17.7 Å². The summed E-state index contributed by atoms with van der Waals surface area (Å²) in [5.74, 6) is -0.719. The molecule has 0 saturated heterocycles. The van der Waals surface area contributed by atoms with E-state index in [0.717, 1.165) is 0 Å². The quantitative estimate of drug-likeness (QED) is 0.712. The largest absolute Gasteiger partial charge is 0.497 e. The zero-order valence-electron chi connectivity index (χ0n) is 10.7. The highest BCUT2D eigenvalue weighted by Crippen LogP contribution is 2.19. The van der Waals surface area contributed by atoms with Gasteiger partial charge in [0.2, 0.25) is 0 Å². The van der Waals surface area contributed by atoms with E-state index in [1.54, 1.807) is 24.3 Å². The fraction of sp³-hybridized carbons (Fsp3) is 0.333. The fourth-order valence-corrected chi connectivity index (χ4v) is 1.37. The minimum absolute atomic E-state index is 0.541. The number of rotatable bonds is 5. The summed E-state index contributed by atoms with van der Waals surface area (Å²) in [7, 11) is 2.99. The first-order valence-electron chi connectivity index (χ1n) is 5.51. The SMILES string of the molecule is COc1cccc(N(C)C(=O)N[C@@H](CO)C(=O)O)c1. The van der Waals surface area contributed by atoms with Gasteiger partial charge >= 0.3 is 12.0 Å². The van der Waals surface area contributed by atoms with Gasteiger partial charge in [-0.25, -0.2) is 9.59 Å². The van der Waals surface area contributed by atoms with Crippen molar-refractivity contribution in [2.75, 3.05) is 25.7 Å². The average molecular weight is 268 g/mol. The maximum absolute atomic E-state index is 11.8. The molecule has 0 aliphatic heterocycles. The van der Waals surface area contributed by atoms with E-state index in [0.29, 0.717) is 11.4 Å². The Hall–Kier alpha value is -2.28. The van der Waals surface area contributed by atoms with Crippen LogP contribution < -0.4 is 15.0 Å². The van der Waals surface area contributed by atoms with Crippen LogP contribution in [0.2, 0.25) is 0 Å². The molecule has 0 aromatic heterocycles. The number of hydrogen-bond donors (Lipinski definition) is 3. The van der Waals surface area contributed by atoms with Crippen molar-refractivity contribution in [2.24, 2.45) is 0 Å². The van der Waals surface area contributed by atoms with Gasteiger partial charge in [-0.15, -0.1) is 0 Å². The van der Waals surface area contributed by atoms with E-state index in [1.807, 2.05) is 0 Å². The Labute approximate surface area is 110 Å². The van der Waals surface area contributed by atoms with Gasteiger partial charge in [-0.3, -0.25) is 4.90 Å². The first-order valence-corrected chi connectivity index (χ1v) is 5.51. The number of aliphatic carboxylic acids is 1. The smallest absolute Gasteiger partial charge is 0.328 e. The molecule has 2 amide bonds. The third-order valence-corrected chi connectivity index (χ3v) is 2.52. The summed E-state index contributed by atoms with van der Waals surface area (Å²) in [6.45, 7) is -0.674. The number of hydrogen-bond acceptors (Lipinski definition) is 4. The molecular formula is C12H16N2O5. The van der Waals surface area contributed by atoms with E-state index in [2.05, 4.69) is 5.32 Å². The molecule has 0 spiro atoms. The molecule has 1 aromatic rings. The number of ether oxygens (including phenoxy) is 1. The van der Waals surface area contributed by atoms with Gasteiger partial charge in [0, 0.05) is 18.8 Å². The molecule has 0 unspecified atom stereocenters. The molecule has 7 nitrogen and oxygen atoms in total. The van der Waals surface area contributed by atoms with Crippen LogP contribution in [0.1, 0.15) is 0 Å². The molecule has 19 heavy (non-hydrogen) atoms. The van der Waals surface area contributed by atoms with Crippen LogP contribution in [0.15, 0.2) is 24.3 Å². The molecular weight excluding hydrogens is 252 g/mol. The first-order chi connectivity index (χ1) is 8.99. The normalized spacial score (nSPS) is 11.5. The fourth-order valence-electron chi connectivity index (χ4n) is 1.37. The van der Waals surface area contributed by atoms with Crippen LogP contribution in [0.4, 0.5) is 10.5 Å². The molecule has 1 aromatic carbocycles. The van der Waals surface area contributed by atoms with Crippen molar-refractivity contribution in [3.8, 4) is 5.75 Å². The number of carbonyl (C=O) groups excluding carboxylic acids is 1. The number of nitrogens with zero attached hydrogens (tertiary/aromatic N) is 1. The van der Waals surface area contributed by atoms with Gasteiger partial charge in [0.25, 0.3) is 0 Å². The summed E-state index contributed by atoms with van der Waals surface area (Å²) >= 11 is 0. The highest BCUT2D eigenvalue weighted by atomic mass is 16.5. The number of carbonyl (C=O) groups is 2. The number of methoxy groups -OCH3 is 1. The monoisotopic (exact) mass is 268 g/mol. The number of carboxylic acid groups (broad SMARTS) is 1. The molecule has 0 fully saturated rings. The zero-order valence-corrected chi connectivity index (χ0v) is 10.7. The Bertz CT molecular complexity index is 463. The summed E-state index contributed by atoms with van der Waals surface area (Å²) < 4.78 is 5.03. The second kappa shape index (κ2) is 6.60. The lowest BCUT2D eigenvalue weighted by atomic mass is 10.3. The summed E-state index contributed by atoms with van der Waals surface area (Å²) in [4.78, 5) is 23.8. The van der Waals surface area contributed by atoms with Gasteiger partial charge in [-0.2, -0.15) is 0 Å². The van der Waals surface area contributed by atoms with Crippen LogP contribution in [-0.4, -0.2) is 49.0 Å². The van der Waals surface area contributed by atoms with Crippen LogP contribution in [0.3, 0.4) is 0 Å². The van der Waals surface area contributed by atoms with Crippen molar-refractivity contribution in [1.29, 1.82) is 0 Å². The first kappa shape index (κ1) is 14.8.